The highest BCUT2D eigenvalue weighted by Crippen LogP contribution is 2.33. The lowest BCUT2D eigenvalue weighted by Crippen LogP contribution is -1.97. The second-order valence-electron chi connectivity index (χ2n) is 4.23. The summed E-state index contributed by atoms with van der Waals surface area (Å²) >= 11 is 0. The number of aryl methyl sites for hydroxylation is 1. The van der Waals surface area contributed by atoms with Crippen molar-refractivity contribution in [3.8, 4) is 0 Å². The van der Waals surface area contributed by atoms with E-state index < -0.39 is 0 Å². The van der Waals surface area contributed by atoms with E-state index in [-0.39, 0.29) is 0 Å². The number of nitrogens with zero attached hydrogens (tertiary/aromatic N) is 1. The van der Waals surface area contributed by atoms with Crippen LogP contribution in [0.1, 0.15) is 52.7 Å². The maximum atomic E-state index is 4.43. The topological polar surface area (TPSA) is 12.4 Å². The van der Waals surface area contributed by atoms with Gasteiger partial charge in [0.25, 0.3) is 0 Å². The summed E-state index contributed by atoms with van der Waals surface area (Å²) in [5.41, 5.74) is 4.79. The van der Waals surface area contributed by atoms with Crippen molar-refractivity contribution in [2.24, 2.45) is 10.9 Å². The summed E-state index contributed by atoms with van der Waals surface area (Å²) in [6.07, 6.45) is 2.86. The molecule has 0 aromatic heterocycles. The molecule has 0 radical (unpaired) electrons. The number of rotatable bonds is 4. The van der Waals surface area contributed by atoms with Crippen LogP contribution in [0.2, 0.25) is 0 Å². The zero-order valence-corrected chi connectivity index (χ0v) is 12.7. The number of allylic oxidation sites excluding steroid dienone is 1. The second kappa shape index (κ2) is 8.68. The molecule has 100 valence electrons. The predicted octanol–water partition coefficient (Wildman–Crippen LogP) is 5.67. The highest BCUT2D eigenvalue weighted by atomic mass is 14.7. The highest BCUT2D eigenvalue weighted by molar-refractivity contribution is 5.79. The van der Waals surface area contributed by atoms with Gasteiger partial charge in [0.15, 0.2) is 0 Å². The molecule has 0 aliphatic rings. The highest BCUT2D eigenvalue weighted by Gasteiger charge is 2.12. The molecular formula is C17H27N. The smallest absolute Gasteiger partial charge is 0.0703 e. The van der Waals surface area contributed by atoms with Crippen LogP contribution < -0.4 is 0 Å². The monoisotopic (exact) mass is 245 g/mol. The fraction of sp³-hybridized carbons (Fsp3) is 0.471. The number of aliphatic imine (C=N–C) groups is 1. The normalized spacial score (nSPS) is 10.4. The molecule has 0 saturated heterocycles. The van der Waals surface area contributed by atoms with Crippen molar-refractivity contribution in [2.45, 2.75) is 48.0 Å². The molecule has 0 aliphatic heterocycles. The van der Waals surface area contributed by atoms with Gasteiger partial charge in [-0.05, 0) is 36.5 Å². The van der Waals surface area contributed by atoms with Crippen LogP contribution in [0.25, 0.3) is 5.57 Å². The third-order valence-corrected chi connectivity index (χ3v) is 2.80. The number of hydrogen-bond donors (Lipinski definition) is 0. The first-order valence-electron chi connectivity index (χ1n) is 6.91. The molecule has 0 spiro atoms. The molecule has 1 rings (SSSR count). The SMILES string of the molecule is C=C(c1c(CC)cccc1N=CC)C(C)C.CC. The van der Waals surface area contributed by atoms with Gasteiger partial charge >= 0.3 is 0 Å². The minimum Gasteiger partial charge on any atom is -0.261 e. The van der Waals surface area contributed by atoms with Crippen molar-refractivity contribution in [3.05, 3.63) is 35.9 Å². The first-order chi connectivity index (χ1) is 8.61. The molecule has 0 N–H and O–H groups in total. The molecule has 0 amide bonds. The molecule has 0 bridgehead atoms. The average Bonchev–Trinajstić information content (AvgIpc) is 2.40. The summed E-state index contributed by atoms with van der Waals surface area (Å²) in [5, 5.41) is 0. The van der Waals surface area contributed by atoms with Gasteiger partial charge in [-0.1, -0.05) is 53.3 Å². The van der Waals surface area contributed by atoms with Crippen LogP contribution in [0.4, 0.5) is 5.69 Å². The van der Waals surface area contributed by atoms with E-state index in [2.05, 4.69) is 50.5 Å². The van der Waals surface area contributed by atoms with Crippen molar-refractivity contribution in [1.82, 2.24) is 0 Å². The van der Waals surface area contributed by atoms with E-state index in [0.29, 0.717) is 5.92 Å². The van der Waals surface area contributed by atoms with Gasteiger partial charge in [0.2, 0.25) is 0 Å². The molecule has 0 unspecified atom stereocenters. The molecule has 0 fully saturated rings. The van der Waals surface area contributed by atoms with Gasteiger partial charge in [-0.25, -0.2) is 0 Å². The van der Waals surface area contributed by atoms with Gasteiger partial charge in [0, 0.05) is 11.8 Å². The van der Waals surface area contributed by atoms with Crippen LogP contribution in [-0.4, -0.2) is 6.21 Å². The predicted molar refractivity (Wildman–Crippen MR) is 84.9 cm³/mol. The minimum absolute atomic E-state index is 0.457. The maximum absolute atomic E-state index is 4.43. The van der Waals surface area contributed by atoms with Crippen molar-refractivity contribution < 1.29 is 0 Å². The summed E-state index contributed by atoms with van der Waals surface area (Å²) in [6.45, 7) is 16.7. The third kappa shape index (κ3) is 4.14. The summed E-state index contributed by atoms with van der Waals surface area (Å²) < 4.78 is 0. The Hall–Kier alpha value is -1.37. The number of hydrogen-bond acceptors (Lipinski definition) is 1. The summed E-state index contributed by atoms with van der Waals surface area (Å²) in [7, 11) is 0. The summed E-state index contributed by atoms with van der Waals surface area (Å²) in [5.74, 6) is 0.457. The lowest BCUT2D eigenvalue weighted by atomic mass is 9.90. The van der Waals surface area contributed by atoms with Crippen molar-refractivity contribution >= 4 is 17.5 Å². The largest absolute Gasteiger partial charge is 0.261 e. The molecule has 1 heteroatoms. The lowest BCUT2D eigenvalue weighted by molar-refractivity contribution is 0.854. The van der Waals surface area contributed by atoms with E-state index in [9.17, 15) is 0 Å². The van der Waals surface area contributed by atoms with Gasteiger partial charge in [0.05, 0.1) is 5.69 Å². The van der Waals surface area contributed by atoms with Gasteiger partial charge < -0.3 is 0 Å². The van der Waals surface area contributed by atoms with Crippen LogP contribution in [0, 0.1) is 5.92 Å². The van der Waals surface area contributed by atoms with Crippen molar-refractivity contribution in [1.29, 1.82) is 0 Å². The Labute approximate surface area is 113 Å². The maximum Gasteiger partial charge on any atom is 0.0703 e. The van der Waals surface area contributed by atoms with Gasteiger partial charge in [0.1, 0.15) is 0 Å². The standard InChI is InChI=1S/C15H21N.C2H6/c1-6-13-9-8-10-14(16-7-2)15(13)12(5)11(3)4;1-2/h7-11H,5-6H2,1-4H3;1-2H3. The minimum atomic E-state index is 0.457. The Bertz CT molecular complexity index is 400. The summed E-state index contributed by atoms with van der Waals surface area (Å²) in [4.78, 5) is 4.43. The van der Waals surface area contributed by atoms with E-state index in [1.807, 2.05) is 27.0 Å². The Kier molecular flexibility index (Phi) is 8.02. The Balaban J connectivity index is 0.00000137. The van der Waals surface area contributed by atoms with E-state index in [0.717, 1.165) is 12.1 Å². The van der Waals surface area contributed by atoms with Gasteiger partial charge in [-0.3, -0.25) is 4.99 Å². The molecule has 1 aromatic carbocycles. The van der Waals surface area contributed by atoms with Crippen LogP contribution in [0.5, 0.6) is 0 Å². The molecule has 0 aliphatic carbocycles. The molecule has 0 atom stereocenters. The van der Waals surface area contributed by atoms with Crippen LogP contribution in [0.15, 0.2) is 29.8 Å². The van der Waals surface area contributed by atoms with Crippen LogP contribution in [0.3, 0.4) is 0 Å². The first kappa shape index (κ1) is 16.6. The molecule has 0 heterocycles. The van der Waals surface area contributed by atoms with E-state index >= 15 is 0 Å². The zero-order chi connectivity index (χ0) is 14.1. The quantitative estimate of drug-likeness (QED) is 0.606. The third-order valence-electron chi connectivity index (χ3n) is 2.80. The fourth-order valence-corrected chi connectivity index (χ4v) is 1.79. The van der Waals surface area contributed by atoms with Crippen LogP contribution >= 0.6 is 0 Å². The van der Waals surface area contributed by atoms with E-state index in [4.69, 9.17) is 0 Å². The second-order valence-corrected chi connectivity index (χ2v) is 4.23. The van der Waals surface area contributed by atoms with Crippen molar-refractivity contribution in [2.75, 3.05) is 0 Å². The Morgan fingerprint density at radius 3 is 2.39 bits per heavy atom. The van der Waals surface area contributed by atoms with Crippen molar-refractivity contribution in [3.63, 3.8) is 0 Å². The van der Waals surface area contributed by atoms with Gasteiger partial charge in [-0.2, -0.15) is 0 Å². The molecule has 1 aromatic rings. The first-order valence-corrected chi connectivity index (χ1v) is 6.91. The average molecular weight is 245 g/mol. The molecule has 1 nitrogen and oxygen atoms in total. The summed E-state index contributed by atoms with van der Waals surface area (Å²) in [6, 6.07) is 6.29. The Morgan fingerprint density at radius 2 is 1.94 bits per heavy atom. The fourth-order valence-electron chi connectivity index (χ4n) is 1.79. The van der Waals surface area contributed by atoms with E-state index in [1.54, 1.807) is 0 Å². The van der Waals surface area contributed by atoms with Gasteiger partial charge in [-0.15, -0.1) is 0 Å². The molecule has 0 saturated carbocycles. The van der Waals surface area contributed by atoms with Crippen LogP contribution in [-0.2, 0) is 6.42 Å². The Morgan fingerprint density at radius 1 is 1.33 bits per heavy atom. The molecule has 18 heavy (non-hydrogen) atoms. The van der Waals surface area contributed by atoms with E-state index in [1.165, 1.54) is 16.7 Å². The molecular weight excluding hydrogens is 218 g/mol. The number of benzene rings is 1. The zero-order valence-electron chi connectivity index (χ0n) is 12.7. The lowest BCUT2D eigenvalue weighted by Gasteiger charge is -2.16.